The lowest BCUT2D eigenvalue weighted by Crippen LogP contribution is -2.34. The van der Waals surface area contributed by atoms with Gasteiger partial charge in [-0.3, -0.25) is 0 Å². The van der Waals surface area contributed by atoms with Gasteiger partial charge in [0.2, 0.25) is 0 Å². The number of nitrogens with one attached hydrogen (secondary N) is 1. The number of hydrogen-bond acceptors (Lipinski definition) is 7. The molecule has 1 unspecified atom stereocenters. The second kappa shape index (κ2) is 11.8. The van der Waals surface area contributed by atoms with Crippen LogP contribution in [-0.2, 0) is 19.4 Å². The second-order valence-corrected chi connectivity index (χ2v) is 12.7. The minimum Gasteiger partial charge on any atom is -0.487 e. The summed E-state index contributed by atoms with van der Waals surface area (Å²) in [6.45, 7) is 3.94. The van der Waals surface area contributed by atoms with Gasteiger partial charge in [-0.2, -0.15) is 11.8 Å². The van der Waals surface area contributed by atoms with Crippen LogP contribution in [0.25, 0.3) is 10.2 Å². The summed E-state index contributed by atoms with van der Waals surface area (Å²) >= 11 is 10.4. The predicted octanol–water partition coefficient (Wildman–Crippen LogP) is 7.35. The molecule has 1 aliphatic carbocycles. The number of fused-ring (bicyclic) bond motifs is 3. The monoisotopic (exact) mass is 568 g/mol. The molecule has 0 radical (unpaired) electrons. The van der Waals surface area contributed by atoms with Crippen molar-refractivity contribution < 1.29 is 9.13 Å². The van der Waals surface area contributed by atoms with Gasteiger partial charge in [-0.25, -0.2) is 14.4 Å². The molecule has 1 saturated heterocycles. The number of rotatable bonds is 8. The van der Waals surface area contributed by atoms with Gasteiger partial charge >= 0.3 is 0 Å². The van der Waals surface area contributed by atoms with Gasteiger partial charge in [-0.05, 0) is 79.6 Å². The van der Waals surface area contributed by atoms with Crippen LogP contribution in [-0.4, -0.2) is 46.0 Å². The van der Waals surface area contributed by atoms with E-state index in [1.165, 1.54) is 66.6 Å². The summed E-state index contributed by atoms with van der Waals surface area (Å²) in [6.07, 6.45) is 6.35. The number of thiophene rings is 1. The molecule has 3 heterocycles. The summed E-state index contributed by atoms with van der Waals surface area (Å²) in [5, 5.41) is 5.09. The molecule has 2 aromatic carbocycles. The Balaban J connectivity index is 1.14. The first-order chi connectivity index (χ1) is 18.6. The van der Waals surface area contributed by atoms with E-state index in [-0.39, 0.29) is 12.4 Å². The van der Waals surface area contributed by atoms with Crippen molar-refractivity contribution in [2.24, 2.45) is 5.92 Å². The molecule has 1 fully saturated rings. The summed E-state index contributed by atoms with van der Waals surface area (Å²) in [5.74, 6) is 4.38. The molecule has 0 saturated carbocycles. The Bertz CT molecular complexity index is 1430. The molecule has 6 rings (SSSR count). The van der Waals surface area contributed by atoms with E-state index in [1.807, 2.05) is 35.6 Å². The lowest BCUT2D eigenvalue weighted by molar-refractivity contribution is 0.266. The van der Waals surface area contributed by atoms with Crippen LogP contribution >= 0.6 is 34.7 Å². The first kappa shape index (κ1) is 25.9. The number of hydrogen-bond donors (Lipinski definition) is 1. The van der Waals surface area contributed by atoms with E-state index in [0.717, 1.165) is 46.0 Å². The van der Waals surface area contributed by atoms with E-state index >= 15 is 0 Å². The molecule has 5 nitrogen and oxygen atoms in total. The third-order valence-corrected chi connectivity index (χ3v) is 9.78. The zero-order valence-electron chi connectivity index (χ0n) is 21.1. The fourth-order valence-corrected chi connectivity index (χ4v) is 7.85. The first-order valence-electron chi connectivity index (χ1n) is 13.1. The minimum absolute atomic E-state index is 0.246. The fourth-order valence-electron chi connectivity index (χ4n) is 5.33. The summed E-state index contributed by atoms with van der Waals surface area (Å²) in [7, 11) is 0. The average molecular weight is 569 g/mol. The van der Waals surface area contributed by atoms with Crippen molar-refractivity contribution in [1.82, 2.24) is 14.9 Å². The van der Waals surface area contributed by atoms with Crippen LogP contribution in [0.4, 0.5) is 15.9 Å². The van der Waals surface area contributed by atoms with Gasteiger partial charge in [-0.15, -0.1) is 11.3 Å². The van der Waals surface area contributed by atoms with Crippen LogP contribution in [0.3, 0.4) is 0 Å². The first-order valence-corrected chi connectivity index (χ1v) is 15.5. The molecule has 198 valence electrons. The highest BCUT2D eigenvalue weighted by Gasteiger charge is 2.26. The Morgan fingerprint density at radius 1 is 1.13 bits per heavy atom. The Morgan fingerprint density at radius 2 is 2.03 bits per heavy atom. The van der Waals surface area contributed by atoms with Gasteiger partial charge in [0.05, 0.1) is 10.4 Å². The second-order valence-electron chi connectivity index (χ2n) is 9.95. The molecule has 1 aliphatic heterocycles. The number of halogens is 2. The van der Waals surface area contributed by atoms with Gasteiger partial charge in [0.15, 0.2) is 0 Å². The number of aryl methyl sites for hydroxylation is 1. The lowest BCUT2D eigenvalue weighted by atomic mass is 9.85. The molecule has 0 spiro atoms. The average Bonchev–Trinajstić information content (AvgIpc) is 3.31. The van der Waals surface area contributed by atoms with Crippen molar-refractivity contribution in [2.45, 2.75) is 32.3 Å². The van der Waals surface area contributed by atoms with E-state index in [1.54, 1.807) is 12.4 Å². The maximum Gasteiger partial charge on any atom is 0.142 e. The molecule has 9 heteroatoms. The maximum atomic E-state index is 13.4. The van der Waals surface area contributed by atoms with Crippen molar-refractivity contribution >= 4 is 56.4 Å². The van der Waals surface area contributed by atoms with Crippen LogP contribution in [0, 0.1) is 11.7 Å². The van der Waals surface area contributed by atoms with Crippen LogP contribution in [0.2, 0.25) is 5.02 Å². The zero-order valence-corrected chi connectivity index (χ0v) is 23.5. The molecule has 38 heavy (non-hydrogen) atoms. The van der Waals surface area contributed by atoms with Crippen molar-refractivity contribution in [3.63, 3.8) is 0 Å². The Hall–Kier alpha value is -2.39. The van der Waals surface area contributed by atoms with E-state index < -0.39 is 0 Å². The van der Waals surface area contributed by atoms with Crippen LogP contribution < -0.4 is 10.1 Å². The minimum atomic E-state index is -0.282. The predicted molar refractivity (Wildman–Crippen MR) is 157 cm³/mol. The standard InChI is InChI=1S/C29H30ClFN4OS2/c30-24-16-22(5-7-25(24)36-17-20-2-1-3-21(31)14-20)34-28-27-23-6-4-19(8-9-35-10-12-37-13-11-35)15-26(23)38-29(27)33-18-32-28/h1-3,5,7,14,16,18-19H,4,6,8-13,15,17H2,(H,32,33,34). The van der Waals surface area contributed by atoms with E-state index in [4.69, 9.17) is 16.3 Å². The van der Waals surface area contributed by atoms with Gasteiger partial charge in [0.25, 0.3) is 0 Å². The van der Waals surface area contributed by atoms with Crippen LogP contribution in [0.1, 0.15) is 28.8 Å². The summed E-state index contributed by atoms with van der Waals surface area (Å²) in [4.78, 5) is 14.4. The summed E-state index contributed by atoms with van der Waals surface area (Å²) in [6, 6.07) is 12.0. The van der Waals surface area contributed by atoms with E-state index in [9.17, 15) is 4.39 Å². The van der Waals surface area contributed by atoms with Crippen molar-refractivity contribution in [1.29, 1.82) is 0 Å². The lowest BCUT2D eigenvalue weighted by Gasteiger charge is -2.29. The van der Waals surface area contributed by atoms with Crippen molar-refractivity contribution in [2.75, 3.05) is 36.5 Å². The molecule has 2 aliphatic rings. The summed E-state index contributed by atoms with van der Waals surface area (Å²) < 4.78 is 19.3. The largest absolute Gasteiger partial charge is 0.487 e. The van der Waals surface area contributed by atoms with Gasteiger partial charge < -0.3 is 15.0 Å². The van der Waals surface area contributed by atoms with Gasteiger partial charge in [0, 0.05) is 35.2 Å². The molecule has 2 aromatic heterocycles. The highest BCUT2D eigenvalue weighted by Crippen LogP contribution is 2.41. The van der Waals surface area contributed by atoms with E-state index in [2.05, 4.69) is 31.9 Å². The Labute approximate surface area is 235 Å². The normalized spacial score (nSPS) is 17.9. The van der Waals surface area contributed by atoms with Crippen molar-refractivity contribution in [3.05, 3.63) is 75.6 Å². The molecule has 0 bridgehead atoms. The highest BCUT2D eigenvalue weighted by molar-refractivity contribution is 7.99. The summed E-state index contributed by atoms with van der Waals surface area (Å²) in [5.41, 5.74) is 2.99. The highest BCUT2D eigenvalue weighted by atomic mass is 35.5. The van der Waals surface area contributed by atoms with E-state index in [0.29, 0.717) is 10.8 Å². The number of ether oxygens (including phenoxy) is 1. The molecule has 1 N–H and O–H groups in total. The quantitative estimate of drug-likeness (QED) is 0.240. The maximum absolute atomic E-state index is 13.4. The van der Waals surface area contributed by atoms with Crippen molar-refractivity contribution in [3.8, 4) is 5.75 Å². The van der Waals surface area contributed by atoms with Gasteiger partial charge in [-0.1, -0.05) is 23.7 Å². The van der Waals surface area contributed by atoms with Crippen LogP contribution in [0.5, 0.6) is 5.75 Å². The molecular weight excluding hydrogens is 539 g/mol. The number of anilines is 2. The number of nitrogens with zero attached hydrogens (tertiary/aromatic N) is 3. The zero-order chi connectivity index (χ0) is 25.9. The topological polar surface area (TPSA) is 50.3 Å². The smallest absolute Gasteiger partial charge is 0.142 e. The number of thioether (sulfide) groups is 1. The third-order valence-electron chi connectivity index (χ3n) is 7.38. The van der Waals surface area contributed by atoms with Crippen LogP contribution in [0.15, 0.2) is 48.8 Å². The van der Waals surface area contributed by atoms with Gasteiger partial charge in [0.1, 0.15) is 35.1 Å². The molecular formula is C29H30ClFN4OS2. The number of benzene rings is 2. The Kier molecular flexibility index (Phi) is 8.02. The molecule has 1 atom stereocenters. The fraction of sp³-hybridized carbons (Fsp3) is 0.379. The SMILES string of the molecule is Fc1cccc(COc2ccc(Nc3ncnc4sc5c(c34)CCC(CCN3CCSCC3)C5)cc2Cl)c1. The number of aromatic nitrogens is 2. The third kappa shape index (κ3) is 5.93. The molecule has 0 amide bonds. The molecule has 4 aromatic rings. The Morgan fingerprint density at radius 3 is 2.87 bits per heavy atom.